The second-order valence-electron chi connectivity index (χ2n) is 5.14. The van der Waals surface area contributed by atoms with E-state index in [0.29, 0.717) is 18.4 Å². The third-order valence-corrected chi connectivity index (χ3v) is 3.42. The summed E-state index contributed by atoms with van der Waals surface area (Å²) >= 11 is 0. The zero-order valence-electron chi connectivity index (χ0n) is 10.9. The van der Waals surface area contributed by atoms with Crippen LogP contribution in [0.1, 0.15) is 56.0 Å². The van der Waals surface area contributed by atoms with Crippen molar-refractivity contribution in [3.63, 3.8) is 0 Å². The molecule has 0 aliphatic heterocycles. The summed E-state index contributed by atoms with van der Waals surface area (Å²) in [5.74, 6) is 0.675. The maximum Gasteiger partial charge on any atom is 0.292 e. The van der Waals surface area contributed by atoms with Gasteiger partial charge in [-0.25, -0.2) is 0 Å². The van der Waals surface area contributed by atoms with E-state index < -0.39 is 5.54 Å². The topological polar surface area (TPSA) is 94.0 Å². The van der Waals surface area contributed by atoms with Crippen LogP contribution >= 0.6 is 0 Å². The molecule has 1 saturated carbocycles. The van der Waals surface area contributed by atoms with Crippen molar-refractivity contribution in [1.29, 1.82) is 0 Å². The van der Waals surface area contributed by atoms with E-state index in [1.807, 2.05) is 6.92 Å². The van der Waals surface area contributed by atoms with Gasteiger partial charge in [-0.05, 0) is 25.7 Å². The van der Waals surface area contributed by atoms with E-state index in [2.05, 4.69) is 22.4 Å². The Balaban J connectivity index is 2.16. The smallest absolute Gasteiger partial charge is 0.292 e. The van der Waals surface area contributed by atoms with Crippen LogP contribution in [0.25, 0.3) is 0 Å². The van der Waals surface area contributed by atoms with Crippen molar-refractivity contribution < 1.29 is 9.32 Å². The van der Waals surface area contributed by atoms with Crippen LogP contribution in [0.3, 0.4) is 0 Å². The second-order valence-corrected chi connectivity index (χ2v) is 5.14. The van der Waals surface area contributed by atoms with Gasteiger partial charge in [-0.3, -0.25) is 4.79 Å². The lowest BCUT2D eigenvalue weighted by atomic mass is 9.77. The van der Waals surface area contributed by atoms with E-state index in [9.17, 15) is 4.79 Å². The first-order valence-electron chi connectivity index (χ1n) is 6.46. The number of rotatable bonds is 3. The normalized spacial score (nSPS) is 28.1. The third-order valence-electron chi connectivity index (χ3n) is 3.42. The third kappa shape index (κ3) is 2.53. The van der Waals surface area contributed by atoms with E-state index >= 15 is 0 Å². The molecular weight excluding hydrogens is 232 g/mol. The predicted octanol–water partition coefficient (Wildman–Crippen LogP) is 1.18. The summed E-state index contributed by atoms with van der Waals surface area (Å²) in [6.45, 7) is 4.54. The van der Waals surface area contributed by atoms with Crippen LogP contribution in [-0.4, -0.2) is 22.6 Å². The minimum Gasteiger partial charge on any atom is -0.349 e. The summed E-state index contributed by atoms with van der Waals surface area (Å²) < 4.78 is 5.18. The molecule has 1 aromatic rings. The van der Waals surface area contributed by atoms with E-state index in [4.69, 9.17) is 10.3 Å². The largest absolute Gasteiger partial charge is 0.349 e. The number of hydrogen-bond donors (Lipinski definition) is 2. The van der Waals surface area contributed by atoms with Crippen LogP contribution in [-0.2, 0) is 5.54 Å². The molecule has 1 aliphatic rings. The first-order chi connectivity index (χ1) is 8.55. The summed E-state index contributed by atoms with van der Waals surface area (Å²) in [6, 6.07) is 0. The number of carbonyl (C=O) groups excluding carboxylic acids is 1. The molecule has 1 aliphatic carbocycles. The average Bonchev–Trinajstić information content (AvgIpc) is 2.79. The molecule has 0 spiro atoms. The Morgan fingerprint density at radius 1 is 1.67 bits per heavy atom. The first-order valence-corrected chi connectivity index (χ1v) is 6.46. The van der Waals surface area contributed by atoms with Crippen LogP contribution in [0.15, 0.2) is 4.52 Å². The molecule has 2 rings (SSSR count). The number of amides is 1. The lowest BCUT2D eigenvalue weighted by Gasteiger charge is -2.33. The van der Waals surface area contributed by atoms with Gasteiger partial charge in [0.15, 0.2) is 0 Å². The standard InChI is InChI=1S/C12H20N4O2/c1-3-14-10(17)9-15-11(18-16-9)12(13)6-4-5-8(2)7-12/h8H,3-7,13H2,1-2H3,(H,14,17). The maximum absolute atomic E-state index is 11.6. The number of hydrogen-bond acceptors (Lipinski definition) is 5. The summed E-state index contributed by atoms with van der Waals surface area (Å²) in [4.78, 5) is 15.7. The van der Waals surface area contributed by atoms with Crippen molar-refractivity contribution >= 4 is 5.91 Å². The van der Waals surface area contributed by atoms with E-state index in [0.717, 1.165) is 19.3 Å². The molecule has 6 heteroatoms. The van der Waals surface area contributed by atoms with Crippen molar-refractivity contribution in [2.45, 2.75) is 45.1 Å². The minimum absolute atomic E-state index is 0.0647. The van der Waals surface area contributed by atoms with Gasteiger partial charge in [0.25, 0.3) is 11.7 Å². The molecule has 2 atom stereocenters. The molecule has 18 heavy (non-hydrogen) atoms. The molecule has 1 fully saturated rings. The Kier molecular flexibility index (Phi) is 3.65. The van der Waals surface area contributed by atoms with Gasteiger partial charge in [-0.15, -0.1) is 0 Å². The number of nitrogens with one attached hydrogen (secondary N) is 1. The predicted molar refractivity (Wildman–Crippen MR) is 65.8 cm³/mol. The quantitative estimate of drug-likeness (QED) is 0.842. The van der Waals surface area contributed by atoms with Crippen molar-refractivity contribution in [2.75, 3.05) is 6.54 Å². The molecule has 0 saturated heterocycles. The second kappa shape index (κ2) is 5.06. The molecule has 1 heterocycles. The van der Waals surface area contributed by atoms with Crippen molar-refractivity contribution in [3.05, 3.63) is 11.7 Å². The van der Waals surface area contributed by atoms with Gasteiger partial charge in [0.2, 0.25) is 5.89 Å². The summed E-state index contributed by atoms with van der Waals surface area (Å²) in [5, 5.41) is 6.34. The van der Waals surface area contributed by atoms with Gasteiger partial charge < -0.3 is 15.6 Å². The SMILES string of the molecule is CCNC(=O)c1noc(C2(N)CCCC(C)C2)n1. The Morgan fingerprint density at radius 3 is 3.11 bits per heavy atom. The highest BCUT2D eigenvalue weighted by Gasteiger charge is 2.38. The molecular formula is C12H20N4O2. The van der Waals surface area contributed by atoms with Gasteiger partial charge in [0, 0.05) is 6.54 Å². The number of nitrogens with zero attached hydrogens (tertiary/aromatic N) is 2. The minimum atomic E-state index is -0.574. The van der Waals surface area contributed by atoms with Crippen LogP contribution in [0.2, 0.25) is 0 Å². The lowest BCUT2D eigenvalue weighted by molar-refractivity contribution is 0.0942. The van der Waals surface area contributed by atoms with E-state index in [-0.39, 0.29) is 11.7 Å². The summed E-state index contributed by atoms with van der Waals surface area (Å²) in [6.07, 6.45) is 3.88. The number of carbonyl (C=O) groups is 1. The molecule has 6 nitrogen and oxygen atoms in total. The van der Waals surface area contributed by atoms with Crippen molar-refractivity contribution in [2.24, 2.45) is 11.7 Å². The zero-order valence-corrected chi connectivity index (χ0v) is 10.9. The molecule has 3 N–H and O–H groups in total. The monoisotopic (exact) mass is 252 g/mol. The summed E-state index contributed by atoms with van der Waals surface area (Å²) in [7, 11) is 0. The highest BCUT2D eigenvalue weighted by molar-refractivity contribution is 5.90. The van der Waals surface area contributed by atoms with Crippen LogP contribution < -0.4 is 11.1 Å². The van der Waals surface area contributed by atoms with Crippen LogP contribution in [0.4, 0.5) is 0 Å². The zero-order chi connectivity index (χ0) is 13.2. The van der Waals surface area contributed by atoms with Crippen molar-refractivity contribution in [3.8, 4) is 0 Å². The fraction of sp³-hybridized carbons (Fsp3) is 0.750. The lowest BCUT2D eigenvalue weighted by Crippen LogP contribution is -2.41. The Bertz CT molecular complexity index is 431. The Hall–Kier alpha value is -1.43. The average molecular weight is 252 g/mol. The van der Waals surface area contributed by atoms with Gasteiger partial charge >= 0.3 is 0 Å². The molecule has 0 bridgehead atoms. The molecule has 0 aromatic carbocycles. The van der Waals surface area contributed by atoms with Gasteiger partial charge in [0.1, 0.15) is 0 Å². The molecule has 100 valence electrons. The van der Waals surface area contributed by atoms with E-state index in [1.54, 1.807) is 0 Å². The van der Waals surface area contributed by atoms with Crippen molar-refractivity contribution in [1.82, 2.24) is 15.5 Å². The number of aromatic nitrogens is 2. The van der Waals surface area contributed by atoms with Gasteiger partial charge in [-0.2, -0.15) is 4.98 Å². The highest BCUT2D eigenvalue weighted by atomic mass is 16.5. The molecule has 1 amide bonds. The maximum atomic E-state index is 11.6. The van der Waals surface area contributed by atoms with Crippen LogP contribution in [0.5, 0.6) is 0 Å². The van der Waals surface area contributed by atoms with Crippen LogP contribution in [0, 0.1) is 5.92 Å². The Morgan fingerprint density at radius 2 is 2.44 bits per heavy atom. The number of nitrogens with two attached hydrogens (primary N) is 1. The fourth-order valence-electron chi connectivity index (χ4n) is 2.54. The van der Waals surface area contributed by atoms with Gasteiger partial charge in [-0.1, -0.05) is 24.9 Å². The summed E-state index contributed by atoms with van der Waals surface area (Å²) in [5.41, 5.74) is 5.76. The molecule has 2 unspecified atom stereocenters. The highest BCUT2D eigenvalue weighted by Crippen LogP contribution is 2.36. The van der Waals surface area contributed by atoms with Gasteiger partial charge in [0.05, 0.1) is 5.54 Å². The molecule has 0 radical (unpaired) electrons. The van der Waals surface area contributed by atoms with E-state index in [1.165, 1.54) is 6.42 Å². The molecule has 1 aromatic heterocycles. The Labute approximate surface area is 106 Å². The fourth-order valence-corrected chi connectivity index (χ4v) is 2.54. The first kappa shape index (κ1) is 13.0.